The monoisotopic (exact) mass is 459 g/mol. The Hall–Kier alpha value is -2.84. The van der Waals surface area contributed by atoms with E-state index in [9.17, 15) is 14.4 Å². The number of nitrogens with one attached hydrogen (secondary N) is 3. The molecule has 0 bridgehead atoms. The molecule has 2 aliphatic rings. The smallest absolute Gasteiger partial charge is 0.408 e. The summed E-state index contributed by atoms with van der Waals surface area (Å²) in [4.78, 5) is 43.7. The van der Waals surface area contributed by atoms with Gasteiger partial charge in [-0.15, -0.1) is 0 Å². The summed E-state index contributed by atoms with van der Waals surface area (Å²) in [6.45, 7) is 10.6. The Morgan fingerprint density at radius 3 is 2.55 bits per heavy atom. The molecule has 1 aliphatic carbocycles. The summed E-state index contributed by atoms with van der Waals surface area (Å²) in [5.41, 5.74) is 0.217. The number of carbonyl (C=O) groups is 3. The van der Waals surface area contributed by atoms with E-state index in [0.29, 0.717) is 24.8 Å². The molecule has 33 heavy (non-hydrogen) atoms. The molecule has 9 nitrogen and oxygen atoms in total. The molecule has 1 aliphatic heterocycles. The average molecular weight is 460 g/mol. The normalized spacial score (nSPS) is 24.1. The third kappa shape index (κ3) is 7.33. The summed E-state index contributed by atoms with van der Waals surface area (Å²) < 4.78 is 5.40. The van der Waals surface area contributed by atoms with Gasteiger partial charge in [-0.25, -0.2) is 14.6 Å². The Bertz CT molecular complexity index is 861. The van der Waals surface area contributed by atoms with E-state index in [-0.39, 0.29) is 23.9 Å². The van der Waals surface area contributed by atoms with Gasteiger partial charge in [-0.1, -0.05) is 19.8 Å². The number of anilines is 1. The second kappa shape index (κ2) is 10.4. The topological polar surface area (TPSA) is 113 Å². The highest BCUT2D eigenvalue weighted by molar-refractivity contribution is 5.96. The zero-order valence-electron chi connectivity index (χ0n) is 20.3. The third-order valence-corrected chi connectivity index (χ3v) is 6.09. The maximum Gasteiger partial charge on any atom is 0.408 e. The van der Waals surface area contributed by atoms with Crippen LogP contribution in [0.1, 0.15) is 65.9 Å². The van der Waals surface area contributed by atoms with E-state index >= 15 is 0 Å². The lowest BCUT2D eigenvalue weighted by Crippen LogP contribution is -2.50. The second-order valence-electron chi connectivity index (χ2n) is 10.4. The minimum atomic E-state index is -0.706. The maximum atomic E-state index is 13.2. The zero-order valence-corrected chi connectivity index (χ0v) is 20.3. The van der Waals surface area contributed by atoms with E-state index in [4.69, 9.17) is 4.74 Å². The van der Waals surface area contributed by atoms with Crippen molar-refractivity contribution in [3.63, 3.8) is 0 Å². The average Bonchev–Trinajstić information content (AvgIpc) is 3.02. The molecule has 9 heteroatoms. The molecule has 0 radical (unpaired) electrons. The Morgan fingerprint density at radius 2 is 1.94 bits per heavy atom. The van der Waals surface area contributed by atoms with Crippen molar-refractivity contribution in [2.24, 2.45) is 11.8 Å². The van der Waals surface area contributed by atoms with Crippen molar-refractivity contribution in [1.29, 1.82) is 0 Å². The largest absolute Gasteiger partial charge is 0.444 e. The minimum absolute atomic E-state index is 0.0340. The van der Waals surface area contributed by atoms with Crippen LogP contribution in [-0.4, -0.2) is 52.1 Å². The number of ether oxygens (including phenoxy) is 1. The SMILES string of the molecule is CC1CCC([C@H](NC(=O)OC(C)(C)C)C(=O)Nc2cc(CN3C[C@@H](C)NC3=O)ccn2)CC1. The molecule has 3 N–H and O–H groups in total. The van der Waals surface area contributed by atoms with Gasteiger partial charge in [0.05, 0.1) is 0 Å². The predicted molar refractivity (Wildman–Crippen MR) is 126 cm³/mol. The van der Waals surface area contributed by atoms with E-state index in [1.807, 2.05) is 13.0 Å². The quantitative estimate of drug-likeness (QED) is 0.601. The van der Waals surface area contributed by atoms with Crippen LogP contribution in [0.5, 0.6) is 0 Å². The molecule has 0 unspecified atom stereocenters. The summed E-state index contributed by atoms with van der Waals surface area (Å²) in [7, 11) is 0. The van der Waals surface area contributed by atoms with Gasteiger partial charge in [0.25, 0.3) is 0 Å². The fraction of sp³-hybridized carbons (Fsp3) is 0.667. The maximum absolute atomic E-state index is 13.2. The van der Waals surface area contributed by atoms with Gasteiger partial charge >= 0.3 is 12.1 Å². The highest BCUT2D eigenvalue weighted by atomic mass is 16.6. The number of rotatable bonds is 6. The molecule has 0 spiro atoms. The number of urea groups is 1. The molecular formula is C24H37N5O4. The van der Waals surface area contributed by atoms with Gasteiger partial charge in [0.15, 0.2) is 0 Å². The second-order valence-corrected chi connectivity index (χ2v) is 10.4. The number of hydrogen-bond acceptors (Lipinski definition) is 5. The molecule has 1 saturated carbocycles. The molecule has 2 atom stereocenters. The van der Waals surface area contributed by atoms with Crippen LogP contribution in [0.4, 0.5) is 15.4 Å². The number of aromatic nitrogens is 1. The number of amides is 4. The van der Waals surface area contributed by atoms with Crippen molar-refractivity contribution in [2.75, 3.05) is 11.9 Å². The van der Waals surface area contributed by atoms with Gasteiger partial charge in [0.1, 0.15) is 17.5 Å². The Kier molecular flexibility index (Phi) is 7.81. The first-order valence-corrected chi connectivity index (χ1v) is 11.8. The van der Waals surface area contributed by atoms with Gasteiger partial charge in [0, 0.05) is 25.3 Å². The van der Waals surface area contributed by atoms with E-state index < -0.39 is 17.7 Å². The number of nitrogens with zero attached hydrogens (tertiary/aromatic N) is 2. The van der Waals surface area contributed by atoms with Crippen molar-refractivity contribution in [2.45, 2.75) is 84.5 Å². The van der Waals surface area contributed by atoms with E-state index in [2.05, 4.69) is 27.9 Å². The van der Waals surface area contributed by atoms with Gasteiger partial charge in [-0.3, -0.25) is 4.79 Å². The van der Waals surface area contributed by atoms with Crippen molar-refractivity contribution in [3.05, 3.63) is 23.9 Å². The van der Waals surface area contributed by atoms with Crippen LogP contribution in [0.2, 0.25) is 0 Å². The lowest BCUT2D eigenvalue weighted by molar-refractivity contribution is -0.119. The van der Waals surface area contributed by atoms with Crippen LogP contribution in [0.25, 0.3) is 0 Å². The van der Waals surface area contributed by atoms with Crippen LogP contribution in [0, 0.1) is 11.8 Å². The Labute approximate surface area is 196 Å². The van der Waals surface area contributed by atoms with Crippen LogP contribution in [0.15, 0.2) is 18.3 Å². The molecule has 2 heterocycles. The highest BCUT2D eigenvalue weighted by Crippen LogP contribution is 2.31. The fourth-order valence-corrected chi connectivity index (χ4v) is 4.41. The van der Waals surface area contributed by atoms with Crippen molar-refractivity contribution < 1.29 is 19.1 Å². The van der Waals surface area contributed by atoms with Crippen molar-refractivity contribution in [1.82, 2.24) is 20.5 Å². The third-order valence-electron chi connectivity index (χ3n) is 6.09. The standard InChI is InChI=1S/C24H37N5O4/c1-15-6-8-18(9-7-15)20(28-23(32)33-24(3,4)5)21(30)27-19-12-17(10-11-25-19)14-29-13-16(2)26-22(29)31/h10-12,15-16,18,20H,6-9,13-14H2,1-5H3,(H,26,31)(H,28,32)(H,25,27,30)/t15?,16-,18?,20+/m1/s1. The number of pyridine rings is 1. The van der Waals surface area contributed by atoms with E-state index in [0.717, 1.165) is 31.2 Å². The van der Waals surface area contributed by atoms with Crippen LogP contribution in [0.3, 0.4) is 0 Å². The van der Waals surface area contributed by atoms with Gasteiger partial charge in [0.2, 0.25) is 5.91 Å². The van der Waals surface area contributed by atoms with Gasteiger partial charge in [-0.2, -0.15) is 0 Å². The van der Waals surface area contributed by atoms with Gasteiger partial charge in [-0.05, 0) is 70.1 Å². The molecule has 0 aromatic carbocycles. The molecule has 1 saturated heterocycles. The molecule has 2 fully saturated rings. The van der Waals surface area contributed by atoms with Crippen LogP contribution in [-0.2, 0) is 16.1 Å². The van der Waals surface area contributed by atoms with E-state index in [1.54, 1.807) is 37.9 Å². The molecule has 3 rings (SSSR count). The summed E-state index contributed by atoms with van der Waals surface area (Å²) in [5, 5.41) is 8.54. The summed E-state index contributed by atoms with van der Waals surface area (Å²) in [5.74, 6) is 0.741. The summed E-state index contributed by atoms with van der Waals surface area (Å²) in [6, 6.07) is 2.89. The van der Waals surface area contributed by atoms with Crippen molar-refractivity contribution in [3.8, 4) is 0 Å². The van der Waals surface area contributed by atoms with Crippen molar-refractivity contribution >= 4 is 23.8 Å². The highest BCUT2D eigenvalue weighted by Gasteiger charge is 2.34. The summed E-state index contributed by atoms with van der Waals surface area (Å²) >= 11 is 0. The number of hydrogen-bond donors (Lipinski definition) is 3. The first-order valence-electron chi connectivity index (χ1n) is 11.8. The first kappa shape index (κ1) is 24.8. The molecule has 4 amide bonds. The number of alkyl carbamates (subject to hydrolysis) is 1. The minimum Gasteiger partial charge on any atom is -0.444 e. The van der Waals surface area contributed by atoms with E-state index in [1.165, 1.54) is 0 Å². The Morgan fingerprint density at radius 1 is 1.24 bits per heavy atom. The summed E-state index contributed by atoms with van der Waals surface area (Å²) in [6.07, 6.45) is 4.79. The molecule has 1 aromatic heterocycles. The first-order chi connectivity index (χ1) is 15.5. The lowest BCUT2D eigenvalue weighted by Gasteiger charge is -2.32. The molecule has 1 aromatic rings. The van der Waals surface area contributed by atoms with Gasteiger partial charge < -0.3 is 25.6 Å². The fourth-order valence-electron chi connectivity index (χ4n) is 4.41. The Balaban J connectivity index is 1.69. The number of carbonyl (C=O) groups excluding carboxylic acids is 3. The van der Waals surface area contributed by atoms with Crippen LogP contribution >= 0.6 is 0 Å². The zero-order chi connectivity index (χ0) is 24.2. The van der Waals surface area contributed by atoms with Crippen LogP contribution < -0.4 is 16.0 Å². The molecular weight excluding hydrogens is 422 g/mol. The predicted octanol–water partition coefficient (Wildman–Crippen LogP) is 3.65. The molecule has 182 valence electrons. The lowest BCUT2D eigenvalue weighted by atomic mass is 9.79.